The zero-order valence-corrected chi connectivity index (χ0v) is 19.4. The van der Waals surface area contributed by atoms with Gasteiger partial charge in [0, 0.05) is 23.0 Å². The van der Waals surface area contributed by atoms with Crippen LogP contribution in [0.5, 0.6) is 0 Å². The number of amides is 2. The molecule has 1 aromatic heterocycles. The molecule has 168 valence electrons. The van der Waals surface area contributed by atoms with E-state index in [1.54, 1.807) is 17.0 Å². The first-order chi connectivity index (χ1) is 15.9. The van der Waals surface area contributed by atoms with E-state index in [9.17, 15) is 9.59 Å². The Morgan fingerprint density at radius 3 is 2.48 bits per heavy atom. The SMILES string of the molecule is Cc1cc(C)c2cc(CN(CCc3ccccc3)C(=O)Nc3ccccc3Cl)c(=O)[nH]c2c1. The lowest BCUT2D eigenvalue weighted by atomic mass is 10.0. The number of urea groups is 1. The van der Waals surface area contributed by atoms with E-state index in [2.05, 4.69) is 16.4 Å². The number of hydrogen-bond acceptors (Lipinski definition) is 2. The minimum Gasteiger partial charge on any atom is -0.322 e. The van der Waals surface area contributed by atoms with Crippen molar-refractivity contribution in [1.29, 1.82) is 0 Å². The Morgan fingerprint density at radius 1 is 1.00 bits per heavy atom. The van der Waals surface area contributed by atoms with Crippen molar-refractivity contribution >= 4 is 34.2 Å². The molecule has 0 spiro atoms. The Hall–Kier alpha value is -3.57. The number of rotatable bonds is 6. The van der Waals surface area contributed by atoms with E-state index in [4.69, 9.17) is 11.6 Å². The lowest BCUT2D eigenvalue weighted by molar-refractivity contribution is 0.209. The minimum atomic E-state index is -0.306. The number of nitrogens with one attached hydrogen (secondary N) is 2. The molecule has 33 heavy (non-hydrogen) atoms. The number of nitrogens with zero attached hydrogens (tertiary/aromatic N) is 1. The van der Waals surface area contributed by atoms with Crippen LogP contribution >= 0.6 is 11.6 Å². The van der Waals surface area contributed by atoms with Gasteiger partial charge in [0.15, 0.2) is 0 Å². The Morgan fingerprint density at radius 2 is 1.73 bits per heavy atom. The summed E-state index contributed by atoms with van der Waals surface area (Å²) >= 11 is 6.24. The van der Waals surface area contributed by atoms with Gasteiger partial charge in [0.1, 0.15) is 0 Å². The van der Waals surface area contributed by atoms with Crippen molar-refractivity contribution < 1.29 is 4.79 Å². The van der Waals surface area contributed by atoms with E-state index >= 15 is 0 Å². The lowest BCUT2D eigenvalue weighted by Gasteiger charge is -2.23. The van der Waals surface area contributed by atoms with Crippen LogP contribution in [-0.2, 0) is 13.0 Å². The summed E-state index contributed by atoms with van der Waals surface area (Å²) in [6.07, 6.45) is 0.667. The number of anilines is 1. The van der Waals surface area contributed by atoms with E-state index in [0.29, 0.717) is 29.2 Å². The largest absolute Gasteiger partial charge is 0.322 e. The Bertz CT molecular complexity index is 1350. The summed E-state index contributed by atoms with van der Waals surface area (Å²) in [5, 5.41) is 4.32. The second-order valence-electron chi connectivity index (χ2n) is 8.23. The number of hydrogen-bond donors (Lipinski definition) is 2. The highest BCUT2D eigenvalue weighted by Crippen LogP contribution is 2.22. The zero-order valence-electron chi connectivity index (χ0n) is 18.7. The third-order valence-electron chi connectivity index (χ3n) is 5.67. The van der Waals surface area contributed by atoms with Gasteiger partial charge in [-0.2, -0.15) is 0 Å². The maximum absolute atomic E-state index is 13.2. The highest BCUT2D eigenvalue weighted by atomic mass is 35.5. The van der Waals surface area contributed by atoms with Gasteiger partial charge < -0.3 is 15.2 Å². The number of fused-ring (bicyclic) bond motifs is 1. The molecule has 0 saturated carbocycles. The molecule has 0 bridgehead atoms. The summed E-state index contributed by atoms with van der Waals surface area (Å²) in [5.41, 5.74) is 4.97. The average Bonchev–Trinajstić information content (AvgIpc) is 2.79. The third-order valence-corrected chi connectivity index (χ3v) is 6.00. The van der Waals surface area contributed by atoms with Crippen molar-refractivity contribution in [3.05, 3.63) is 110 Å². The molecule has 1 heterocycles. The van der Waals surface area contributed by atoms with Gasteiger partial charge in [0.2, 0.25) is 0 Å². The van der Waals surface area contributed by atoms with Crippen molar-refractivity contribution in [3.63, 3.8) is 0 Å². The molecule has 0 atom stereocenters. The topological polar surface area (TPSA) is 65.2 Å². The number of para-hydroxylation sites is 1. The Kier molecular flexibility index (Phi) is 6.80. The predicted octanol–water partition coefficient (Wildman–Crippen LogP) is 6.08. The van der Waals surface area contributed by atoms with Crippen molar-refractivity contribution in [3.8, 4) is 0 Å². The van der Waals surface area contributed by atoms with E-state index < -0.39 is 0 Å². The number of aromatic amines is 1. The molecule has 4 rings (SSSR count). The van der Waals surface area contributed by atoms with Gasteiger partial charge in [-0.05, 0) is 61.2 Å². The van der Waals surface area contributed by atoms with Crippen molar-refractivity contribution in [2.45, 2.75) is 26.8 Å². The first kappa shape index (κ1) is 22.6. The van der Waals surface area contributed by atoms with Gasteiger partial charge in [0.25, 0.3) is 5.56 Å². The molecule has 6 heteroatoms. The summed E-state index contributed by atoms with van der Waals surface area (Å²) in [7, 11) is 0. The van der Waals surface area contributed by atoms with Crippen molar-refractivity contribution in [2.75, 3.05) is 11.9 Å². The molecule has 0 aliphatic heterocycles. The van der Waals surface area contributed by atoms with Gasteiger partial charge >= 0.3 is 6.03 Å². The fourth-order valence-electron chi connectivity index (χ4n) is 3.96. The summed E-state index contributed by atoms with van der Waals surface area (Å²) in [4.78, 5) is 30.7. The monoisotopic (exact) mass is 459 g/mol. The van der Waals surface area contributed by atoms with E-state index in [0.717, 1.165) is 27.6 Å². The summed E-state index contributed by atoms with van der Waals surface area (Å²) in [6.45, 7) is 4.66. The van der Waals surface area contributed by atoms with Gasteiger partial charge in [-0.25, -0.2) is 4.79 Å². The molecule has 4 aromatic rings. The summed E-state index contributed by atoms with van der Waals surface area (Å²) < 4.78 is 0. The van der Waals surface area contributed by atoms with Crippen LogP contribution < -0.4 is 10.9 Å². The maximum Gasteiger partial charge on any atom is 0.322 e. The van der Waals surface area contributed by atoms with Crippen LogP contribution in [0.2, 0.25) is 5.02 Å². The molecular weight excluding hydrogens is 434 g/mol. The van der Waals surface area contributed by atoms with Gasteiger partial charge in [-0.1, -0.05) is 60.1 Å². The minimum absolute atomic E-state index is 0.182. The molecule has 3 aromatic carbocycles. The Labute approximate surface area is 198 Å². The Balaban J connectivity index is 1.63. The molecule has 0 aliphatic carbocycles. The molecule has 0 unspecified atom stereocenters. The smallest absolute Gasteiger partial charge is 0.322 e. The number of halogens is 1. The van der Waals surface area contributed by atoms with Gasteiger partial charge in [-0.3, -0.25) is 4.79 Å². The van der Waals surface area contributed by atoms with Gasteiger partial charge in [-0.15, -0.1) is 0 Å². The number of benzene rings is 3. The number of aromatic nitrogens is 1. The molecule has 0 saturated heterocycles. The molecule has 2 N–H and O–H groups in total. The number of carbonyl (C=O) groups is 1. The number of pyridine rings is 1. The highest BCUT2D eigenvalue weighted by Gasteiger charge is 2.18. The molecule has 0 fully saturated rings. The van der Waals surface area contributed by atoms with E-state index in [1.807, 2.05) is 68.4 Å². The van der Waals surface area contributed by atoms with Crippen LogP contribution in [-0.4, -0.2) is 22.5 Å². The summed E-state index contributed by atoms with van der Waals surface area (Å²) in [5.74, 6) is 0. The number of carbonyl (C=O) groups excluding carboxylic acids is 1. The molecule has 0 aliphatic rings. The fraction of sp³-hybridized carbons (Fsp3) is 0.185. The number of H-pyrrole nitrogens is 1. The second kappa shape index (κ2) is 9.92. The van der Waals surface area contributed by atoms with Crippen LogP contribution in [0.4, 0.5) is 10.5 Å². The van der Waals surface area contributed by atoms with Crippen molar-refractivity contribution in [2.24, 2.45) is 0 Å². The third kappa shape index (κ3) is 5.44. The first-order valence-electron chi connectivity index (χ1n) is 10.9. The molecule has 0 radical (unpaired) electrons. The molecule has 2 amide bonds. The molecule has 5 nitrogen and oxygen atoms in total. The van der Waals surface area contributed by atoms with E-state index in [-0.39, 0.29) is 18.1 Å². The highest BCUT2D eigenvalue weighted by molar-refractivity contribution is 6.33. The van der Waals surface area contributed by atoms with Crippen LogP contribution in [0.3, 0.4) is 0 Å². The normalized spacial score (nSPS) is 10.9. The predicted molar refractivity (Wildman–Crippen MR) is 135 cm³/mol. The van der Waals surface area contributed by atoms with Crippen molar-refractivity contribution in [1.82, 2.24) is 9.88 Å². The van der Waals surface area contributed by atoms with Crippen LogP contribution in [0, 0.1) is 13.8 Å². The average molecular weight is 460 g/mol. The van der Waals surface area contributed by atoms with E-state index in [1.165, 1.54) is 0 Å². The second-order valence-corrected chi connectivity index (χ2v) is 8.64. The number of aryl methyl sites for hydroxylation is 2. The summed E-state index contributed by atoms with van der Waals surface area (Å²) in [6, 6.07) is 22.7. The van der Waals surface area contributed by atoms with Gasteiger partial charge in [0.05, 0.1) is 17.3 Å². The maximum atomic E-state index is 13.2. The first-order valence-corrected chi connectivity index (χ1v) is 11.3. The standard InChI is InChI=1S/C27H26ClN3O2/c1-18-14-19(2)22-16-21(26(32)29-25(22)15-18)17-31(13-12-20-8-4-3-5-9-20)27(33)30-24-11-7-6-10-23(24)28/h3-11,14-16H,12-13,17H2,1-2H3,(H,29,32)(H,30,33). The van der Waals surface area contributed by atoms with Crippen LogP contribution in [0.25, 0.3) is 10.9 Å². The van der Waals surface area contributed by atoms with Crippen LogP contribution in [0.15, 0.2) is 77.6 Å². The molecular formula is C27H26ClN3O2. The lowest BCUT2D eigenvalue weighted by Crippen LogP contribution is -2.37. The quantitative estimate of drug-likeness (QED) is 0.367. The fourth-order valence-corrected chi connectivity index (χ4v) is 4.14. The van der Waals surface area contributed by atoms with Crippen LogP contribution in [0.1, 0.15) is 22.3 Å². The zero-order chi connectivity index (χ0) is 23.4.